The summed E-state index contributed by atoms with van der Waals surface area (Å²) in [6.45, 7) is 0. The quantitative estimate of drug-likeness (QED) is 0.623. The molecule has 3 aromatic carbocycles. The Hall–Kier alpha value is -2.82. The lowest BCUT2D eigenvalue weighted by molar-refractivity contribution is 0.101. The highest BCUT2D eigenvalue weighted by molar-refractivity contribution is 6.34. The van der Waals surface area contributed by atoms with E-state index in [1.807, 2.05) is 0 Å². The van der Waals surface area contributed by atoms with Crippen molar-refractivity contribution in [3.05, 3.63) is 94.0 Å². The van der Waals surface area contributed by atoms with E-state index in [1.54, 1.807) is 72.8 Å². The van der Waals surface area contributed by atoms with Gasteiger partial charge in [-0.15, -0.1) is 0 Å². The Labute approximate surface area is 160 Å². The second kappa shape index (κ2) is 8.04. The Morgan fingerprint density at radius 1 is 0.654 bits per heavy atom. The number of nitrogens with one attached hydrogen (secondary N) is 2. The Balaban J connectivity index is 1.80. The number of benzene rings is 3. The largest absolute Gasteiger partial charge is 0.320 e. The van der Waals surface area contributed by atoms with Crippen molar-refractivity contribution in [3.63, 3.8) is 0 Å². The van der Waals surface area contributed by atoms with Gasteiger partial charge in [0.1, 0.15) is 0 Å². The van der Waals surface area contributed by atoms with Crippen LogP contribution in [0.3, 0.4) is 0 Å². The summed E-state index contributed by atoms with van der Waals surface area (Å²) >= 11 is 11.9. The molecule has 130 valence electrons. The SMILES string of the molecule is O=C(Nc1ccccc1NC(=O)c1ccccc1Cl)c1ccc(Cl)cc1. The molecule has 0 saturated heterocycles. The Morgan fingerprint density at radius 3 is 1.81 bits per heavy atom. The summed E-state index contributed by atoms with van der Waals surface area (Å²) in [7, 11) is 0. The molecule has 0 aromatic heterocycles. The normalized spacial score (nSPS) is 10.2. The lowest BCUT2D eigenvalue weighted by atomic mass is 10.2. The lowest BCUT2D eigenvalue weighted by Crippen LogP contribution is -2.17. The molecule has 0 aliphatic heterocycles. The van der Waals surface area contributed by atoms with Crippen LogP contribution in [0.2, 0.25) is 10.0 Å². The molecule has 6 heteroatoms. The molecule has 2 N–H and O–H groups in total. The van der Waals surface area contributed by atoms with Gasteiger partial charge in [-0.25, -0.2) is 0 Å². The fourth-order valence-electron chi connectivity index (χ4n) is 2.33. The summed E-state index contributed by atoms with van der Waals surface area (Å²) in [5.74, 6) is -0.662. The summed E-state index contributed by atoms with van der Waals surface area (Å²) in [5, 5.41) is 6.47. The van der Waals surface area contributed by atoms with Crippen molar-refractivity contribution < 1.29 is 9.59 Å². The first kappa shape index (κ1) is 18.0. The second-order valence-corrected chi connectivity index (χ2v) is 6.28. The molecule has 0 fully saturated rings. The fraction of sp³-hybridized carbons (Fsp3) is 0. The molecule has 0 atom stereocenters. The number of carbonyl (C=O) groups is 2. The lowest BCUT2D eigenvalue weighted by Gasteiger charge is -2.13. The molecule has 0 radical (unpaired) electrons. The fourth-order valence-corrected chi connectivity index (χ4v) is 2.68. The van der Waals surface area contributed by atoms with E-state index >= 15 is 0 Å². The van der Waals surface area contributed by atoms with Crippen molar-refractivity contribution in [2.24, 2.45) is 0 Å². The smallest absolute Gasteiger partial charge is 0.257 e. The van der Waals surface area contributed by atoms with Gasteiger partial charge in [0.15, 0.2) is 0 Å². The third-order valence-electron chi connectivity index (χ3n) is 3.65. The summed E-state index contributed by atoms with van der Waals surface area (Å²) < 4.78 is 0. The van der Waals surface area contributed by atoms with Gasteiger partial charge in [0.05, 0.1) is 22.0 Å². The van der Waals surface area contributed by atoms with Gasteiger partial charge in [-0.05, 0) is 48.5 Å². The van der Waals surface area contributed by atoms with Gasteiger partial charge in [-0.1, -0.05) is 47.5 Å². The first-order valence-electron chi connectivity index (χ1n) is 7.76. The first-order chi connectivity index (χ1) is 12.5. The first-order valence-corrected chi connectivity index (χ1v) is 8.52. The molecule has 0 aliphatic rings. The molecule has 0 saturated carbocycles. The van der Waals surface area contributed by atoms with Crippen LogP contribution in [0.4, 0.5) is 11.4 Å². The molecular formula is C20H14Cl2N2O2. The van der Waals surface area contributed by atoms with Crippen LogP contribution in [0.5, 0.6) is 0 Å². The Morgan fingerprint density at radius 2 is 1.19 bits per heavy atom. The van der Waals surface area contributed by atoms with E-state index in [1.165, 1.54) is 0 Å². The molecule has 0 unspecified atom stereocenters. The van der Waals surface area contributed by atoms with Crippen LogP contribution in [0.25, 0.3) is 0 Å². The predicted molar refractivity (Wildman–Crippen MR) is 105 cm³/mol. The van der Waals surface area contributed by atoms with Crippen molar-refractivity contribution in [3.8, 4) is 0 Å². The third-order valence-corrected chi connectivity index (χ3v) is 4.23. The summed E-state index contributed by atoms with van der Waals surface area (Å²) in [6.07, 6.45) is 0. The molecule has 4 nitrogen and oxygen atoms in total. The number of hydrogen-bond donors (Lipinski definition) is 2. The molecule has 0 spiro atoms. The Bertz CT molecular complexity index is 956. The van der Waals surface area contributed by atoms with Gasteiger partial charge in [0.2, 0.25) is 0 Å². The number of carbonyl (C=O) groups excluding carboxylic acids is 2. The number of para-hydroxylation sites is 2. The van der Waals surface area contributed by atoms with Crippen LogP contribution in [0.1, 0.15) is 20.7 Å². The summed E-state index contributed by atoms with van der Waals surface area (Å²) in [5.41, 5.74) is 1.77. The molecule has 3 rings (SSSR count). The van der Waals surface area contributed by atoms with Gasteiger partial charge in [0, 0.05) is 10.6 Å². The average molecular weight is 385 g/mol. The minimum atomic E-state index is -0.358. The minimum absolute atomic E-state index is 0.305. The molecule has 0 heterocycles. The maximum Gasteiger partial charge on any atom is 0.257 e. The van der Waals surface area contributed by atoms with Crippen molar-refractivity contribution in [2.75, 3.05) is 10.6 Å². The zero-order chi connectivity index (χ0) is 18.5. The van der Waals surface area contributed by atoms with E-state index in [0.717, 1.165) is 0 Å². The van der Waals surface area contributed by atoms with E-state index in [9.17, 15) is 9.59 Å². The van der Waals surface area contributed by atoms with E-state index in [0.29, 0.717) is 32.5 Å². The topological polar surface area (TPSA) is 58.2 Å². The van der Waals surface area contributed by atoms with E-state index < -0.39 is 0 Å². The number of amides is 2. The minimum Gasteiger partial charge on any atom is -0.320 e. The van der Waals surface area contributed by atoms with Gasteiger partial charge in [-0.2, -0.15) is 0 Å². The van der Waals surface area contributed by atoms with Gasteiger partial charge < -0.3 is 10.6 Å². The highest BCUT2D eigenvalue weighted by atomic mass is 35.5. The van der Waals surface area contributed by atoms with Crippen molar-refractivity contribution in [1.29, 1.82) is 0 Å². The number of anilines is 2. The van der Waals surface area contributed by atoms with Gasteiger partial charge in [-0.3, -0.25) is 9.59 Å². The van der Waals surface area contributed by atoms with Crippen molar-refractivity contribution >= 4 is 46.4 Å². The summed E-state index contributed by atoms with van der Waals surface area (Å²) in [6, 6.07) is 20.2. The second-order valence-electron chi connectivity index (χ2n) is 5.44. The van der Waals surface area contributed by atoms with E-state index in [4.69, 9.17) is 23.2 Å². The van der Waals surface area contributed by atoms with Crippen LogP contribution < -0.4 is 10.6 Å². The molecule has 3 aromatic rings. The average Bonchev–Trinajstić information content (AvgIpc) is 2.64. The number of hydrogen-bond acceptors (Lipinski definition) is 2. The van der Waals surface area contributed by atoms with Crippen LogP contribution in [0.15, 0.2) is 72.8 Å². The maximum atomic E-state index is 12.5. The third kappa shape index (κ3) is 4.23. The van der Waals surface area contributed by atoms with Gasteiger partial charge in [0.25, 0.3) is 11.8 Å². The Kier molecular flexibility index (Phi) is 5.56. The maximum absolute atomic E-state index is 12.5. The van der Waals surface area contributed by atoms with Crippen LogP contribution in [-0.2, 0) is 0 Å². The highest BCUT2D eigenvalue weighted by Crippen LogP contribution is 2.24. The zero-order valence-electron chi connectivity index (χ0n) is 13.5. The van der Waals surface area contributed by atoms with Crippen molar-refractivity contribution in [2.45, 2.75) is 0 Å². The molecular weight excluding hydrogens is 371 g/mol. The number of halogens is 2. The van der Waals surface area contributed by atoms with Gasteiger partial charge >= 0.3 is 0 Å². The molecule has 2 amide bonds. The molecule has 26 heavy (non-hydrogen) atoms. The van der Waals surface area contributed by atoms with E-state index in [-0.39, 0.29) is 11.8 Å². The molecule has 0 aliphatic carbocycles. The highest BCUT2D eigenvalue weighted by Gasteiger charge is 2.13. The number of rotatable bonds is 4. The standard InChI is InChI=1S/C20H14Cl2N2O2/c21-14-11-9-13(10-12-14)19(25)23-17-7-3-4-8-18(17)24-20(26)15-5-1-2-6-16(15)22/h1-12H,(H,23,25)(H,24,26). The van der Waals surface area contributed by atoms with Crippen molar-refractivity contribution in [1.82, 2.24) is 0 Å². The van der Waals surface area contributed by atoms with Crippen LogP contribution >= 0.6 is 23.2 Å². The summed E-state index contributed by atoms with van der Waals surface area (Å²) in [4.78, 5) is 24.9. The van der Waals surface area contributed by atoms with E-state index in [2.05, 4.69) is 10.6 Å². The van der Waals surface area contributed by atoms with Crippen LogP contribution in [0, 0.1) is 0 Å². The monoisotopic (exact) mass is 384 g/mol. The van der Waals surface area contributed by atoms with Crippen LogP contribution in [-0.4, -0.2) is 11.8 Å². The zero-order valence-corrected chi connectivity index (χ0v) is 15.0. The molecule has 0 bridgehead atoms. The predicted octanol–water partition coefficient (Wildman–Crippen LogP) is 5.50.